The molecule has 3 N–H and O–H groups in total. The van der Waals surface area contributed by atoms with E-state index in [2.05, 4.69) is 351 Å². The summed E-state index contributed by atoms with van der Waals surface area (Å²) in [5.74, 6) is 4.39. The molecule has 0 aliphatic rings. The van der Waals surface area contributed by atoms with Crippen LogP contribution in [0.15, 0.2) is 164 Å². The quantitative estimate of drug-likeness (QED) is 0.0420. The Kier molecular flexibility index (Phi) is 25.9. The van der Waals surface area contributed by atoms with Crippen molar-refractivity contribution in [2.24, 2.45) is 0 Å². The van der Waals surface area contributed by atoms with Crippen molar-refractivity contribution in [3.63, 3.8) is 0 Å². The monoisotopic (exact) mass is 1330 g/mol. The molecule has 0 atom stereocenters. The summed E-state index contributed by atoms with van der Waals surface area (Å²) in [5.41, 5.74) is 36.3. The highest BCUT2D eigenvalue weighted by molar-refractivity contribution is 5.87. The number of nitrogens with zero attached hydrogens (tertiary/aromatic N) is 1. The zero-order chi connectivity index (χ0) is 72.5. The molecule has 0 amide bonds. The fraction of sp³-hybridized carbons (Fsp3) is 0.438. The van der Waals surface area contributed by atoms with Crippen LogP contribution in [-0.2, 0) is 0 Å². The van der Waals surface area contributed by atoms with Gasteiger partial charge >= 0.3 is 0 Å². The molecule has 530 valence electrons. The van der Waals surface area contributed by atoms with E-state index in [9.17, 15) is 0 Å². The van der Waals surface area contributed by atoms with E-state index in [-0.39, 0.29) is 0 Å². The van der Waals surface area contributed by atoms with Gasteiger partial charge in [0.1, 0.15) is 0 Å². The highest BCUT2D eigenvalue weighted by Crippen LogP contribution is 2.47. The average molecular weight is 1340 g/mol. The fourth-order valence-corrected chi connectivity index (χ4v) is 15.8. The SMILES string of the molecule is CC(C)c1cccc(C(C)C)c1-c1cc(NCCN(CCNc2cc(-c3c(C(C)C)cccc3C(C)C)cc(-c3c(C(C)C)cccc3C(C)C)c2)CCNc2cc(-c3c(C(C)C)cccc3C(C)C)cc(-c3c(C(C)C)cccc3C(C)C)c2)cc(-c2c(C(C)C)cccc2C(C)C)c1. The van der Waals surface area contributed by atoms with E-state index in [4.69, 9.17) is 0 Å². The zero-order valence-electron chi connectivity index (χ0n) is 66.2. The van der Waals surface area contributed by atoms with Gasteiger partial charge in [0.2, 0.25) is 0 Å². The summed E-state index contributed by atoms with van der Waals surface area (Å²) in [6, 6.07) is 64.3. The molecule has 0 aromatic heterocycles. The molecule has 0 aliphatic carbocycles. The standard InChI is InChI=1S/C96H126N4/c1-58(2)79-31-25-32-80(59(3)4)91(79)70-49-71(92-81(60(5)6)33-26-34-82(92)61(7)8)53-76(52-70)97-43-46-100(47-44-98-77-54-72(93-83(62(9)10)35-27-36-84(93)63(11)12)50-73(55-77)94-85(64(13)14)37-28-38-86(94)65(15)16)48-45-99-78-56-74(95-87(66(17)18)39-29-40-88(95)67(19)20)51-75(57-78)96-89(68(21)22)41-30-42-90(96)69(23)24/h25-42,49-69,97-99H,43-48H2,1-24H3. The van der Waals surface area contributed by atoms with Gasteiger partial charge in [-0.3, -0.25) is 4.90 Å². The van der Waals surface area contributed by atoms with E-state index >= 15 is 0 Å². The Labute approximate surface area is 608 Å². The van der Waals surface area contributed by atoms with Crippen molar-refractivity contribution in [2.75, 3.05) is 55.2 Å². The summed E-state index contributed by atoms with van der Waals surface area (Å²) in [4.78, 5) is 2.69. The minimum atomic E-state index is 0.366. The maximum absolute atomic E-state index is 4.14. The fourth-order valence-electron chi connectivity index (χ4n) is 15.8. The Morgan fingerprint density at radius 3 is 0.450 bits per heavy atom. The molecule has 0 heterocycles. The molecule has 9 rings (SSSR count). The lowest BCUT2D eigenvalue weighted by Crippen LogP contribution is -2.36. The van der Waals surface area contributed by atoms with E-state index in [1.165, 1.54) is 134 Å². The van der Waals surface area contributed by atoms with Gasteiger partial charge in [0.05, 0.1) is 0 Å². The van der Waals surface area contributed by atoms with Crippen molar-refractivity contribution in [3.8, 4) is 66.8 Å². The maximum atomic E-state index is 4.14. The zero-order valence-corrected chi connectivity index (χ0v) is 66.2. The van der Waals surface area contributed by atoms with Crippen LogP contribution < -0.4 is 16.0 Å². The molecule has 0 bridgehead atoms. The minimum absolute atomic E-state index is 0.366. The Hall–Kier alpha value is -7.66. The molecule has 100 heavy (non-hydrogen) atoms. The smallest absolute Gasteiger partial charge is 0.0353 e. The van der Waals surface area contributed by atoms with Gasteiger partial charge in [-0.15, -0.1) is 0 Å². The van der Waals surface area contributed by atoms with Crippen molar-refractivity contribution in [2.45, 2.75) is 237 Å². The van der Waals surface area contributed by atoms with E-state index in [0.717, 1.165) is 56.3 Å². The van der Waals surface area contributed by atoms with Gasteiger partial charge in [-0.05, 0) is 259 Å². The van der Waals surface area contributed by atoms with Gasteiger partial charge in [-0.25, -0.2) is 0 Å². The molecule has 0 fully saturated rings. The van der Waals surface area contributed by atoms with Crippen LogP contribution in [0.3, 0.4) is 0 Å². The second kappa shape index (κ2) is 33.9. The number of nitrogens with one attached hydrogen (secondary N) is 3. The Balaban J connectivity index is 1.16. The number of hydrogen-bond acceptors (Lipinski definition) is 4. The van der Waals surface area contributed by atoms with Crippen molar-refractivity contribution in [1.82, 2.24) is 4.90 Å². The summed E-state index contributed by atoms with van der Waals surface area (Å²) in [7, 11) is 0. The first-order chi connectivity index (χ1) is 47.6. The van der Waals surface area contributed by atoms with Gasteiger partial charge in [-0.2, -0.15) is 0 Å². The number of benzene rings is 9. The van der Waals surface area contributed by atoms with Gasteiger partial charge in [0, 0.05) is 56.3 Å². The molecule has 4 heteroatoms. The molecule has 9 aromatic rings. The first kappa shape index (κ1) is 76.5. The molecule has 0 unspecified atom stereocenters. The summed E-state index contributed by atoms with van der Waals surface area (Å²) in [6.07, 6.45) is 0. The van der Waals surface area contributed by atoms with E-state index < -0.39 is 0 Å². The molecule has 4 nitrogen and oxygen atoms in total. The van der Waals surface area contributed by atoms with Crippen LogP contribution in [-0.4, -0.2) is 44.2 Å². The van der Waals surface area contributed by atoms with Crippen LogP contribution in [0, 0.1) is 0 Å². The Morgan fingerprint density at radius 1 is 0.200 bits per heavy atom. The van der Waals surface area contributed by atoms with E-state index in [0.29, 0.717) is 71.0 Å². The van der Waals surface area contributed by atoms with Crippen LogP contribution in [0.25, 0.3) is 66.8 Å². The predicted octanol–water partition coefficient (Wildman–Crippen LogP) is 28.1. The largest absolute Gasteiger partial charge is 0.384 e. The van der Waals surface area contributed by atoms with Gasteiger partial charge < -0.3 is 16.0 Å². The first-order valence-corrected chi connectivity index (χ1v) is 38.7. The van der Waals surface area contributed by atoms with Crippen LogP contribution in [0.4, 0.5) is 17.1 Å². The van der Waals surface area contributed by atoms with Gasteiger partial charge in [-0.1, -0.05) is 275 Å². The van der Waals surface area contributed by atoms with Gasteiger partial charge in [0.15, 0.2) is 0 Å². The molecule has 9 aromatic carbocycles. The summed E-state index contributed by atoms with van der Waals surface area (Å²) in [6.45, 7) is 61.3. The third-order valence-corrected chi connectivity index (χ3v) is 21.0. The molecule has 0 spiro atoms. The molecular weight excluding hydrogens is 1210 g/mol. The normalized spacial score (nSPS) is 12.2. The average Bonchev–Trinajstić information content (AvgIpc) is 0.779. The van der Waals surface area contributed by atoms with E-state index in [1.807, 2.05) is 0 Å². The number of hydrogen-bond donors (Lipinski definition) is 3. The molecule has 0 aliphatic heterocycles. The third kappa shape index (κ3) is 17.6. The Morgan fingerprint density at radius 2 is 0.330 bits per heavy atom. The minimum Gasteiger partial charge on any atom is -0.384 e. The number of anilines is 3. The van der Waals surface area contributed by atoms with Crippen molar-refractivity contribution in [1.29, 1.82) is 0 Å². The Bertz CT molecular complexity index is 3380. The predicted molar refractivity (Wildman–Crippen MR) is 443 cm³/mol. The van der Waals surface area contributed by atoms with Crippen molar-refractivity contribution < 1.29 is 0 Å². The highest BCUT2D eigenvalue weighted by atomic mass is 15.2. The van der Waals surface area contributed by atoms with Crippen LogP contribution in [0.2, 0.25) is 0 Å². The molecule has 0 saturated carbocycles. The third-order valence-electron chi connectivity index (χ3n) is 21.0. The van der Waals surface area contributed by atoms with Crippen molar-refractivity contribution in [3.05, 3.63) is 231 Å². The summed E-state index contributed by atoms with van der Waals surface area (Å²) >= 11 is 0. The lowest BCUT2D eigenvalue weighted by molar-refractivity contribution is 0.306. The van der Waals surface area contributed by atoms with E-state index in [1.54, 1.807) is 0 Å². The lowest BCUT2D eigenvalue weighted by Gasteiger charge is -2.26. The second-order valence-corrected chi connectivity index (χ2v) is 32.7. The molecule has 0 saturated heterocycles. The highest BCUT2D eigenvalue weighted by Gasteiger charge is 2.26. The van der Waals surface area contributed by atoms with Gasteiger partial charge in [0.25, 0.3) is 0 Å². The second-order valence-electron chi connectivity index (χ2n) is 32.7. The summed E-state index contributed by atoms with van der Waals surface area (Å²) < 4.78 is 0. The molecular formula is C96H126N4. The van der Waals surface area contributed by atoms with Crippen LogP contribution in [0.1, 0.15) is 304 Å². The molecule has 0 radical (unpaired) electrons. The van der Waals surface area contributed by atoms with Crippen molar-refractivity contribution >= 4 is 17.1 Å². The maximum Gasteiger partial charge on any atom is 0.0353 e. The van der Waals surface area contributed by atoms with Crippen LogP contribution >= 0.6 is 0 Å². The lowest BCUT2D eigenvalue weighted by atomic mass is 9.81. The first-order valence-electron chi connectivity index (χ1n) is 38.7. The summed E-state index contributed by atoms with van der Waals surface area (Å²) in [5, 5.41) is 12.4. The van der Waals surface area contributed by atoms with Crippen LogP contribution in [0.5, 0.6) is 0 Å². The topological polar surface area (TPSA) is 39.3 Å². The number of rotatable bonds is 30.